The van der Waals surface area contributed by atoms with Gasteiger partial charge in [-0.3, -0.25) is 4.79 Å². The fourth-order valence-electron chi connectivity index (χ4n) is 2.40. The summed E-state index contributed by atoms with van der Waals surface area (Å²) in [7, 11) is 0. The van der Waals surface area contributed by atoms with Gasteiger partial charge in [-0.2, -0.15) is 8.78 Å². The Morgan fingerprint density at radius 1 is 1.17 bits per heavy atom. The predicted molar refractivity (Wildman–Crippen MR) is 84.8 cm³/mol. The summed E-state index contributed by atoms with van der Waals surface area (Å²) in [6.07, 6.45) is 0.557. The molecular weight excluding hydrogens is 300 g/mol. The second-order valence-corrected chi connectivity index (χ2v) is 5.22. The average Bonchev–Trinajstić information content (AvgIpc) is 2.52. The maximum atomic E-state index is 12.5. The quantitative estimate of drug-likeness (QED) is 0.852. The van der Waals surface area contributed by atoms with E-state index < -0.39 is 12.7 Å². The highest BCUT2D eigenvalue weighted by molar-refractivity contribution is 5.94. The van der Waals surface area contributed by atoms with Crippen molar-refractivity contribution >= 4 is 5.91 Å². The minimum Gasteiger partial charge on any atom is -0.434 e. The molecule has 1 amide bonds. The molecule has 23 heavy (non-hydrogen) atoms. The number of amides is 1. The Morgan fingerprint density at radius 3 is 2.57 bits per heavy atom. The van der Waals surface area contributed by atoms with Gasteiger partial charge in [-0.05, 0) is 31.5 Å². The maximum absolute atomic E-state index is 12.5. The van der Waals surface area contributed by atoms with E-state index in [0.717, 1.165) is 5.56 Å². The van der Waals surface area contributed by atoms with Crippen LogP contribution in [0.25, 0.3) is 0 Å². The van der Waals surface area contributed by atoms with E-state index in [1.165, 1.54) is 6.07 Å². The standard InChI is InChI=1S/C18H19F2NO2/c1-3-15(14-9-4-5-10-16(14)23-18(19)20)21-17(22)13-8-6-7-12(2)11-13/h4-11,15,18H,3H2,1-2H3,(H,21,22). The fourth-order valence-corrected chi connectivity index (χ4v) is 2.40. The van der Waals surface area contributed by atoms with Crippen LogP contribution < -0.4 is 10.1 Å². The molecule has 0 saturated heterocycles. The normalized spacial score (nSPS) is 12.0. The van der Waals surface area contributed by atoms with Crippen LogP contribution in [-0.4, -0.2) is 12.5 Å². The molecule has 2 rings (SSSR count). The lowest BCUT2D eigenvalue weighted by atomic mass is 10.0. The second kappa shape index (κ2) is 7.72. The Labute approximate surface area is 134 Å². The zero-order chi connectivity index (χ0) is 16.8. The van der Waals surface area contributed by atoms with E-state index in [1.807, 2.05) is 19.9 Å². The van der Waals surface area contributed by atoms with Crippen molar-refractivity contribution in [3.63, 3.8) is 0 Å². The van der Waals surface area contributed by atoms with E-state index in [4.69, 9.17) is 0 Å². The summed E-state index contributed by atoms with van der Waals surface area (Å²) in [6.45, 7) is 0.876. The average molecular weight is 319 g/mol. The number of nitrogens with one attached hydrogen (secondary N) is 1. The van der Waals surface area contributed by atoms with E-state index in [1.54, 1.807) is 36.4 Å². The summed E-state index contributed by atoms with van der Waals surface area (Å²) in [6, 6.07) is 13.3. The molecule has 0 radical (unpaired) electrons. The number of aryl methyl sites for hydroxylation is 1. The zero-order valence-electron chi connectivity index (χ0n) is 13.1. The van der Waals surface area contributed by atoms with Gasteiger partial charge in [0.1, 0.15) is 5.75 Å². The summed E-state index contributed by atoms with van der Waals surface area (Å²) < 4.78 is 29.6. The van der Waals surface area contributed by atoms with Gasteiger partial charge < -0.3 is 10.1 Å². The molecule has 0 spiro atoms. The van der Waals surface area contributed by atoms with Crippen molar-refractivity contribution in [2.24, 2.45) is 0 Å². The van der Waals surface area contributed by atoms with Gasteiger partial charge in [0.2, 0.25) is 0 Å². The van der Waals surface area contributed by atoms with Gasteiger partial charge in [-0.1, -0.05) is 42.8 Å². The van der Waals surface area contributed by atoms with Crippen molar-refractivity contribution in [3.8, 4) is 5.75 Å². The molecule has 0 bridgehead atoms. The first-order chi connectivity index (χ1) is 11.0. The summed E-state index contributed by atoms with van der Waals surface area (Å²) in [4.78, 5) is 12.4. The number of ether oxygens (including phenoxy) is 1. The van der Waals surface area contributed by atoms with Crippen molar-refractivity contribution in [3.05, 3.63) is 65.2 Å². The van der Waals surface area contributed by atoms with Crippen LogP contribution in [0, 0.1) is 6.92 Å². The maximum Gasteiger partial charge on any atom is 0.387 e. The molecule has 0 aliphatic rings. The number of carbonyl (C=O) groups is 1. The molecule has 0 aliphatic heterocycles. The largest absolute Gasteiger partial charge is 0.434 e. The zero-order valence-corrected chi connectivity index (χ0v) is 13.1. The van der Waals surface area contributed by atoms with Gasteiger partial charge in [-0.15, -0.1) is 0 Å². The summed E-state index contributed by atoms with van der Waals surface area (Å²) in [5.74, 6) is -0.161. The van der Waals surface area contributed by atoms with Gasteiger partial charge >= 0.3 is 6.61 Å². The summed E-state index contributed by atoms with van der Waals surface area (Å²) in [5.41, 5.74) is 2.05. The van der Waals surface area contributed by atoms with Gasteiger partial charge in [0.15, 0.2) is 0 Å². The van der Waals surface area contributed by atoms with Crippen LogP contribution in [0.1, 0.15) is 40.9 Å². The smallest absolute Gasteiger partial charge is 0.387 e. The molecule has 1 unspecified atom stereocenters. The Bertz CT molecular complexity index is 674. The van der Waals surface area contributed by atoms with Crippen LogP contribution in [0.5, 0.6) is 5.75 Å². The Hall–Kier alpha value is -2.43. The molecule has 5 heteroatoms. The van der Waals surface area contributed by atoms with Crippen molar-refractivity contribution in [1.82, 2.24) is 5.32 Å². The molecular formula is C18H19F2NO2. The minimum atomic E-state index is -2.90. The highest BCUT2D eigenvalue weighted by Crippen LogP contribution is 2.28. The lowest BCUT2D eigenvalue weighted by Crippen LogP contribution is -2.28. The molecule has 3 nitrogen and oxygen atoms in total. The predicted octanol–water partition coefficient (Wildman–Crippen LogP) is 4.48. The molecule has 2 aromatic rings. The molecule has 1 N–H and O–H groups in total. The van der Waals surface area contributed by atoms with Crippen LogP contribution >= 0.6 is 0 Å². The Balaban J connectivity index is 2.22. The van der Waals surface area contributed by atoms with Gasteiger partial charge in [0, 0.05) is 11.1 Å². The number of benzene rings is 2. The molecule has 0 fully saturated rings. The molecule has 0 saturated carbocycles. The van der Waals surface area contributed by atoms with E-state index in [9.17, 15) is 13.6 Å². The van der Waals surface area contributed by atoms with E-state index in [-0.39, 0.29) is 11.7 Å². The number of rotatable bonds is 6. The monoisotopic (exact) mass is 319 g/mol. The fraction of sp³-hybridized carbons (Fsp3) is 0.278. The van der Waals surface area contributed by atoms with Crippen molar-refractivity contribution in [2.45, 2.75) is 32.9 Å². The first-order valence-electron chi connectivity index (χ1n) is 7.42. The first kappa shape index (κ1) is 16.9. The van der Waals surface area contributed by atoms with Crippen molar-refractivity contribution in [1.29, 1.82) is 0 Å². The third kappa shape index (κ3) is 4.52. The molecule has 0 heterocycles. The number of carbonyl (C=O) groups excluding carboxylic acids is 1. The molecule has 2 aromatic carbocycles. The van der Waals surface area contributed by atoms with E-state index in [2.05, 4.69) is 10.1 Å². The van der Waals surface area contributed by atoms with Gasteiger partial charge in [-0.25, -0.2) is 0 Å². The van der Waals surface area contributed by atoms with Crippen LogP contribution in [0.3, 0.4) is 0 Å². The number of alkyl halides is 2. The topological polar surface area (TPSA) is 38.3 Å². The van der Waals surface area contributed by atoms with Gasteiger partial charge in [0.05, 0.1) is 6.04 Å². The lowest BCUT2D eigenvalue weighted by Gasteiger charge is -2.20. The van der Waals surface area contributed by atoms with Gasteiger partial charge in [0.25, 0.3) is 5.91 Å². The Morgan fingerprint density at radius 2 is 1.91 bits per heavy atom. The molecule has 0 aliphatic carbocycles. The summed E-state index contributed by atoms with van der Waals surface area (Å²) in [5, 5.41) is 2.88. The van der Waals surface area contributed by atoms with E-state index >= 15 is 0 Å². The van der Waals surface area contributed by atoms with Crippen LogP contribution in [0.15, 0.2) is 48.5 Å². The number of hydrogen-bond acceptors (Lipinski definition) is 2. The first-order valence-corrected chi connectivity index (χ1v) is 7.42. The van der Waals surface area contributed by atoms with Crippen molar-refractivity contribution < 1.29 is 18.3 Å². The third-order valence-electron chi connectivity index (χ3n) is 3.50. The minimum absolute atomic E-state index is 0.0823. The van der Waals surface area contributed by atoms with E-state index in [0.29, 0.717) is 17.5 Å². The highest BCUT2D eigenvalue weighted by atomic mass is 19.3. The van der Waals surface area contributed by atoms with Crippen LogP contribution in [-0.2, 0) is 0 Å². The summed E-state index contributed by atoms with van der Waals surface area (Å²) >= 11 is 0. The molecule has 122 valence electrons. The SMILES string of the molecule is CCC(NC(=O)c1cccc(C)c1)c1ccccc1OC(F)F. The van der Waals surface area contributed by atoms with Crippen LogP contribution in [0.2, 0.25) is 0 Å². The third-order valence-corrected chi connectivity index (χ3v) is 3.50. The van der Waals surface area contributed by atoms with Crippen LogP contribution in [0.4, 0.5) is 8.78 Å². The Kier molecular flexibility index (Phi) is 5.68. The number of para-hydroxylation sites is 1. The lowest BCUT2D eigenvalue weighted by molar-refractivity contribution is -0.0506. The van der Waals surface area contributed by atoms with Crippen molar-refractivity contribution in [2.75, 3.05) is 0 Å². The molecule has 1 atom stereocenters. The number of halogens is 2. The number of hydrogen-bond donors (Lipinski definition) is 1. The second-order valence-electron chi connectivity index (χ2n) is 5.22. The highest BCUT2D eigenvalue weighted by Gasteiger charge is 2.19. The molecule has 0 aromatic heterocycles.